The number of rotatable bonds is 3. The lowest BCUT2D eigenvalue weighted by Crippen LogP contribution is -2.46. The van der Waals surface area contributed by atoms with E-state index in [4.69, 9.17) is 4.74 Å². The summed E-state index contributed by atoms with van der Waals surface area (Å²) >= 11 is 0. The molecular formula is C14H19N3O2. The molecule has 1 saturated heterocycles. The Kier molecular flexibility index (Phi) is 3.38. The molecule has 3 rings (SSSR count). The van der Waals surface area contributed by atoms with Crippen molar-refractivity contribution >= 4 is 6.03 Å². The molecule has 1 N–H and O–H groups in total. The van der Waals surface area contributed by atoms with Crippen LogP contribution in [0.25, 0.3) is 0 Å². The number of carbonyl (C=O) groups is 1. The van der Waals surface area contributed by atoms with E-state index in [-0.39, 0.29) is 6.03 Å². The van der Waals surface area contributed by atoms with Crippen LogP contribution in [0.3, 0.4) is 0 Å². The molecule has 1 aromatic rings. The van der Waals surface area contributed by atoms with Crippen molar-refractivity contribution in [2.75, 3.05) is 13.7 Å². The lowest BCUT2D eigenvalue weighted by Gasteiger charge is -2.30. The summed E-state index contributed by atoms with van der Waals surface area (Å²) in [5.41, 5.74) is 1.02. The lowest BCUT2D eigenvalue weighted by molar-refractivity contribution is 0.0413. The van der Waals surface area contributed by atoms with Gasteiger partial charge in [0.05, 0.1) is 6.10 Å². The zero-order valence-electron chi connectivity index (χ0n) is 11.1. The fourth-order valence-corrected chi connectivity index (χ4v) is 3.23. The molecule has 0 spiro atoms. The molecule has 2 heterocycles. The molecule has 0 radical (unpaired) electrons. The van der Waals surface area contributed by atoms with E-state index < -0.39 is 0 Å². The molecule has 1 aliphatic carbocycles. The summed E-state index contributed by atoms with van der Waals surface area (Å²) in [5.74, 6) is 0.513. The predicted octanol–water partition coefficient (Wildman–Crippen LogP) is 1.40. The minimum absolute atomic E-state index is 0.0332. The smallest absolute Gasteiger partial charge is 0.317 e. The van der Waals surface area contributed by atoms with Crippen LogP contribution in [0.1, 0.15) is 18.4 Å². The fraction of sp³-hybridized carbons (Fsp3) is 0.571. The van der Waals surface area contributed by atoms with Gasteiger partial charge in [0.2, 0.25) is 0 Å². The molecule has 0 unspecified atom stereocenters. The number of piperidine rings is 1. The number of carbonyl (C=O) groups excluding carboxylic acids is 1. The second-order valence-corrected chi connectivity index (χ2v) is 5.33. The SMILES string of the molecule is CO[C@H]1C[C@H]2C[C@H]1CN2C(=O)NCc1cccnc1. The van der Waals surface area contributed by atoms with Gasteiger partial charge in [-0.15, -0.1) is 0 Å². The molecule has 5 nitrogen and oxygen atoms in total. The van der Waals surface area contributed by atoms with E-state index in [9.17, 15) is 4.79 Å². The summed E-state index contributed by atoms with van der Waals surface area (Å²) in [7, 11) is 1.76. The number of amides is 2. The molecule has 102 valence electrons. The van der Waals surface area contributed by atoms with E-state index in [1.807, 2.05) is 17.0 Å². The highest BCUT2D eigenvalue weighted by molar-refractivity contribution is 5.75. The zero-order chi connectivity index (χ0) is 13.2. The number of methoxy groups -OCH3 is 1. The molecule has 2 bridgehead atoms. The maximum atomic E-state index is 12.2. The number of nitrogens with one attached hydrogen (secondary N) is 1. The van der Waals surface area contributed by atoms with E-state index in [1.54, 1.807) is 19.5 Å². The van der Waals surface area contributed by atoms with E-state index in [1.165, 1.54) is 0 Å². The summed E-state index contributed by atoms with van der Waals surface area (Å²) < 4.78 is 5.44. The minimum atomic E-state index is 0.0332. The van der Waals surface area contributed by atoms with Crippen LogP contribution in [0.5, 0.6) is 0 Å². The Hall–Kier alpha value is -1.62. The van der Waals surface area contributed by atoms with Crippen LogP contribution in [-0.2, 0) is 11.3 Å². The average Bonchev–Trinajstić information content (AvgIpc) is 3.05. The number of fused-ring (bicyclic) bond motifs is 2. The van der Waals surface area contributed by atoms with Gasteiger partial charge < -0.3 is 15.0 Å². The number of aromatic nitrogens is 1. The molecule has 2 fully saturated rings. The van der Waals surface area contributed by atoms with Crippen molar-refractivity contribution in [3.05, 3.63) is 30.1 Å². The van der Waals surface area contributed by atoms with Crippen LogP contribution in [0.15, 0.2) is 24.5 Å². The monoisotopic (exact) mass is 261 g/mol. The molecule has 0 aromatic carbocycles. The van der Waals surface area contributed by atoms with Crippen molar-refractivity contribution in [3.63, 3.8) is 0 Å². The highest BCUT2D eigenvalue weighted by Gasteiger charge is 2.46. The molecule has 3 atom stereocenters. The zero-order valence-corrected chi connectivity index (χ0v) is 11.1. The Morgan fingerprint density at radius 3 is 3.11 bits per heavy atom. The van der Waals surface area contributed by atoms with Gasteiger partial charge in [0.25, 0.3) is 0 Å². The molecule has 2 aliphatic rings. The maximum Gasteiger partial charge on any atom is 0.317 e. The molecule has 2 amide bonds. The maximum absolute atomic E-state index is 12.2. The normalized spacial score (nSPS) is 28.7. The Bertz CT molecular complexity index is 451. The third kappa shape index (κ3) is 2.42. The van der Waals surface area contributed by atoms with Crippen molar-refractivity contribution in [1.29, 1.82) is 0 Å². The van der Waals surface area contributed by atoms with Crippen LogP contribution >= 0.6 is 0 Å². The number of likely N-dealkylation sites (tertiary alicyclic amines) is 1. The van der Waals surface area contributed by atoms with Crippen LogP contribution < -0.4 is 5.32 Å². The first-order chi connectivity index (χ1) is 9.28. The summed E-state index contributed by atoms with van der Waals surface area (Å²) in [6.07, 6.45) is 5.90. The van der Waals surface area contributed by atoms with Crippen LogP contribution in [0.2, 0.25) is 0 Å². The predicted molar refractivity (Wildman–Crippen MR) is 70.5 cm³/mol. The van der Waals surface area contributed by atoms with Crippen LogP contribution in [0.4, 0.5) is 4.79 Å². The number of nitrogens with zero attached hydrogens (tertiary/aromatic N) is 2. The second kappa shape index (κ2) is 5.17. The van der Waals surface area contributed by atoms with Crippen molar-refractivity contribution < 1.29 is 9.53 Å². The first-order valence-corrected chi connectivity index (χ1v) is 6.74. The van der Waals surface area contributed by atoms with Crippen molar-refractivity contribution in [2.24, 2.45) is 5.92 Å². The Balaban J connectivity index is 1.53. The third-order valence-corrected chi connectivity index (χ3v) is 4.21. The van der Waals surface area contributed by atoms with Gasteiger partial charge >= 0.3 is 6.03 Å². The largest absolute Gasteiger partial charge is 0.381 e. The Labute approximate surface area is 113 Å². The van der Waals surface area contributed by atoms with Crippen molar-refractivity contribution in [2.45, 2.75) is 31.5 Å². The first-order valence-electron chi connectivity index (χ1n) is 6.74. The van der Waals surface area contributed by atoms with Gasteiger partial charge in [0.15, 0.2) is 0 Å². The summed E-state index contributed by atoms with van der Waals surface area (Å²) in [6.45, 7) is 1.36. The highest BCUT2D eigenvalue weighted by atomic mass is 16.5. The van der Waals surface area contributed by atoms with E-state index in [0.717, 1.165) is 24.9 Å². The van der Waals surface area contributed by atoms with Crippen LogP contribution in [0, 0.1) is 5.92 Å². The molecular weight excluding hydrogens is 242 g/mol. The van der Waals surface area contributed by atoms with E-state index in [2.05, 4.69) is 10.3 Å². The third-order valence-electron chi connectivity index (χ3n) is 4.21. The lowest BCUT2D eigenvalue weighted by atomic mass is 10.1. The van der Waals surface area contributed by atoms with Crippen LogP contribution in [-0.4, -0.2) is 41.7 Å². The summed E-state index contributed by atoms with van der Waals surface area (Å²) in [4.78, 5) is 18.1. The fourth-order valence-electron chi connectivity index (χ4n) is 3.23. The standard InChI is InChI=1S/C14H19N3O2/c1-19-13-6-12-5-11(13)9-17(12)14(18)16-8-10-3-2-4-15-7-10/h2-4,7,11-13H,5-6,8-9H2,1H3,(H,16,18)/t11-,12+,13-/m0/s1. The first kappa shape index (κ1) is 12.4. The minimum Gasteiger partial charge on any atom is -0.381 e. The number of hydrogen-bond acceptors (Lipinski definition) is 3. The Morgan fingerprint density at radius 1 is 1.58 bits per heavy atom. The molecule has 1 saturated carbocycles. The topological polar surface area (TPSA) is 54.5 Å². The number of urea groups is 1. The molecule has 1 aromatic heterocycles. The van der Waals surface area contributed by atoms with Crippen molar-refractivity contribution in [1.82, 2.24) is 15.2 Å². The highest BCUT2D eigenvalue weighted by Crippen LogP contribution is 2.39. The summed E-state index contributed by atoms with van der Waals surface area (Å²) in [5, 5.41) is 2.96. The average molecular weight is 261 g/mol. The number of pyridine rings is 1. The quantitative estimate of drug-likeness (QED) is 0.895. The van der Waals surface area contributed by atoms with Gasteiger partial charge in [-0.1, -0.05) is 6.07 Å². The van der Waals surface area contributed by atoms with Gasteiger partial charge in [0.1, 0.15) is 0 Å². The van der Waals surface area contributed by atoms with E-state index >= 15 is 0 Å². The van der Waals surface area contributed by atoms with Gasteiger partial charge in [0, 0.05) is 44.6 Å². The molecule has 5 heteroatoms. The van der Waals surface area contributed by atoms with Crippen molar-refractivity contribution in [3.8, 4) is 0 Å². The van der Waals surface area contributed by atoms with Gasteiger partial charge in [-0.05, 0) is 24.5 Å². The molecule has 19 heavy (non-hydrogen) atoms. The molecule has 1 aliphatic heterocycles. The summed E-state index contributed by atoms with van der Waals surface area (Å²) in [6, 6.07) is 4.22. The van der Waals surface area contributed by atoms with E-state index in [0.29, 0.717) is 24.6 Å². The Morgan fingerprint density at radius 2 is 2.47 bits per heavy atom. The van der Waals surface area contributed by atoms with Gasteiger partial charge in [-0.25, -0.2) is 4.79 Å². The van der Waals surface area contributed by atoms with Gasteiger partial charge in [-0.2, -0.15) is 0 Å². The second-order valence-electron chi connectivity index (χ2n) is 5.33. The number of hydrogen-bond donors (Lipinski definition) is 1. The number of ether oxygens (including phenoxy) is 1. The van der Waals surface area contributed by atoms with Gasteiger partial charge in [-0.3, -0.25) is 4.98 Å².